The predicted octanol–water partition coefficient (Wildman–Crippen LogP) is 3.62. The molecular weight excluding hydrogens is 298 g/mol. The summed E-state index contributed by atoms with van der Waals surface area (Å²) in [6, 6.07) is 14.4. The Morgan fingerprint density at radius 3 is 2.65 bits per heavy atom. The minimum Gasteiger partial charge on any atom is -0.487 e. The van der Waals surface area contributed by atoms with E-state index in [4.69, 9.17) is 9.84 Å². The second-order valence-corrected chi connectivity index (χ2v) is 4.84. The van der Waals surface area contributed by atoms with Crippen LogP contribution in [0.4, 0.5) is 4.79 Å². The molecular formula is C17H13NO5. The Hall–Kier alpha value is -3.28. The van der Waals surface area contributed by atoms with Crippen LogP contribution in [0.1, 0.15) is 15.9 Å². The summed E-state index contributed by atoms with van der Waals surface area (Å²) in [7, 11) is 0. The van der Waals surface area contributed by atoms with Gasteiger partial charge in [-0.1, -0.05) is 30.3 Å². The van der Waals surface area contributed by atoms with Crippen molar-refractivity contribution in [3.05, 3.63) is 59.7 Å². The van der Waals surface area contributed by atoms with E-state index in [1.807, 2.05) is 30.3 Å². The van der Waals surface area contributed by atoms with Crippen molar-refractivity contribution in [1.82, 2.24) is 4.98 Å². The van der Waals surface area contributed by atoms with E-state index >= 15 is 0 Å². The summed E-state index contributed by atoms with van der Waals surface area (Å²) in [4.78, 5) is 24.6. The number of hydrogen-bond donors (Lipinski definition) is 2. The van der Waals surface area contributed by atoms with Crippen LogP contribution in [0.25, 0.3) is 10.9 Å². The number of aromatic amines is 1. The quantitative estimate of drug-likeness (QED) is 0.555. The number of benzene rings is 2. The highest BCUT2D eigenvalue weighted by Gasteiger charge is 2.13. The molecule has 6 nitrogen and oxygen atoms in total. The number of ether oxygens (including phenoxy) is 2. The standard InChI is InChI=1S/C17H13NO5/c19-9-12-6-7-14(22-10-11-4-2-1-3-5-11)16-13(12)8-15(18-16)23-17(20)21/h1-9,18H,10H2,(H,20,21). The molecule has 0 amide bonds. The van der Waals surface area contributed by atoms with Gasteiger partial charge in [-0.25, -0.2) is 4.79 Å². The average molecular weight is 311 g/mol. The predicted molar refractivity (Wildman–Crippen MR) is 83.1 cm³/mol. The third-order valence-electron chi connectivity index (χ3n) is 3.33. The van der Waals surface area contributed by atoms with Gasteiger partial charge < -0.3 is 19.6 Å². The van der Waals surface area contributed by atoms with Crippen molar-refractivity contribution < 1.29 is 24.2 Å². The molecule has 0 aliphatic carbocycles. The summed E-state index contributed by atoms with van der Waals surface area (Å²) < 4.78 is 10.4. The molecule has 1 heterocycles. The number of aromatic nitrogens is 1. The van der Waals surface area contributed by atoms with E-state index in [1.54, 1.807) is 12.1 Å². The highest BCUT2D eigenvalue weighted by molar-refractivity contribution is 6.00. The van der Waals surface area contributed by atoms with Crippen LogP contribution in [-0.4, -0.2) is 22.5 Å². The maximum Gasteiger partial charge on any atom is 0.512 e. The molecule has 3 aromatic rings. The number of hydrogen-bond acceptors (Lipinski definition) is 4. The number of carboxylic acid groups (broad SMARTS) is 1. The number of rotatable bonds is 5. The van der Waals surface area contributed by atoms with E-state index in [1.165, 1.54) is 6.07 Å². The van der Waals surface area contributed by atoms with Gasteiger partial charge in [0, 0.05) is 17.0 Å². The van der Waals surface area contributed by atoms with Crippen molar-refractivity contribution in [2.45, 2.75) is 6.61 Å². The Morgan fingerprint density at radius 2 is 1.96 bits per heavy atom. The van der Waals surface area contributed by atoms with E-state index in [2.05, 4.69) is 9.72 Å². The van der Waals surface area contributed by atoms with Crippen molar-refractivity contribution in [3.8, 4) is 11.6 Å². The number of H-pyrrole nitrogens is 1. The van der Waals surface area contributed by atoms with Crippen LogP contribution in [0.15, 0.2) is 48.5 Å². The Bertz CT molecular complexity index is 854. The molecule has 0 aliphatic heterocycles. The maximum absolute atomic E-state index is 11.1. The molecule has 0 saturated carbocycles. The first-order valence-corrected chi connectivity index (χ1v) is 6.86. The molecule has 0 spiro atoms. The van der Waals surface area contributed by atoms with Crippen molar-refractivity contribution in [2.24, 2.45) is 0 Å². The van der Waals surface area contributed by atoms with Crippen LogP contribution >= 0.6 is 0 Å². The Morgan fingerprint density at radius 1 is 1.17 bits per heavy atom. The molecule has 116 valence electrons. The molecule has 3 rings (SSSR count). The van der Waals surface area contributed by atoms with Gasteiger partial charge in [-0.3, -0.25) is 4.79 Å². The van der Waals surface area contributed by atoms with Crippen LogP contribution < -0.4 is 9.47 Å². The number of fused-ring (bicyclic) bond motifs is 1. The number of carbonyl (C=O) groups excluding carboxylic acids is 1. The van der Waals surface area contributed by atoms with E-state index in [0.29, 0.717) is 35.1 Å². The molecule has 0 saturated heterocycles. The van der Waals surface area contributed by atoms with E-state index < -0.39 is 6.16 Å². The lowest BCUT2D eigenvalue weighted by Crippen LogP contribution is -2.02. The Labute approximate surface area is 131 Å². The minimum absolute atomic E-state index is 0.0337. The highest BCUT2D eigenvalue weighted by atomic mass is 16.7. The van der Waals surface area contributed by atoms with E-state index in [9.17, 15) is 9.59 Å². The van der Waals surface area contributed by atoms with Gasteiger partial charge in [0.15, 0.2) is 6.29 Å². The molecule has 0 fully saturated rings. The monoisotopic (exact) mass is 311 g/mol. The third kappa shape index (κ3) is 3.16. The number of aldehydes is 1. The smallest absolute Gasteiger partial charge is 0.487 e. The van der Waals surface area contributed by atoms with Crippen LogP contribution in [0.5, 0.6) is 11.6 Å². The van der Waals surface area contributed by atoms with Gasteiger partial charge in [0.2, 0.25) is 5.88 Å². The normalized spacial score (nSPS) is 10.4. The van der Waals surface area contributed by atoms with Crippen molar-refractivity contribution in [2.75, 3.05) is 0 Å². The zero-order valence-corrected chi connectivity index (χ0v) is 12.0. The van der Waals surface area contributed by atoms with Gasteiger partial charge in [0.05, 0.1) is 5.52 Å². The summed E-state index contributed by atoms with van der Waals surface area (Å²) in [5, 5.41) is 9.24. The molecule has 1 aromatic heterocycles. The summed E-state index contributed by atoms with van der Waals surface area (Å²) in [5.74, 6) is 0.543. The molecule has 2 aromatic carbocycles. The molecule has 0 radical (unpaired) electrons. The van der Waals surface area contributed by atoms with Gasteiger partial charge in [0.25, 0.3) is 0 Å². The lowest BCUT2D eigenvalue weighted by Gasteiger charge is -2.08. The average Bonchev–Trinajstić information content (AvgIpc) is 2.96. The van der Waals surface area contributed by atoms with Crippen LogP contribution in [0.2, 0.25) is 0 Å². The zero-order valence-electron chi connectivity index (χ0n) is 12.0. The zero-order chi connectivity index (χ0) is 16.2. The largest absolute Gasteiger partial charge is 0.512 e. The van der Waals surface area contributed by atoms with Gasteiger partial charge in [0.1, 0.15) is 12.4 Å². The first kappa shape index (κ1) is 14.6. The number of carbonyl (C=O) groups is 2. The maximum atomic E-state index is 11.1. The van der Waals surface area contributed by atoms with Crippen LogP contribution in [0, 0.1) is 0 Å². The van der Waals surface area contributed by atoms with Crippen molar-refractivity contribution >= 4 is 23.3 Å². The van der Waals surface area contributed by atoms with E-state index in [0.717, 1.165) is 5.56 Å². The fraction of sp³-hybridized carbons (Fsp3) is 0.0588. The van der Waals surface area contributed by atoms with Crippen LogP contribution in [0.3, 0.4) is 0 Å². The summed E-state index contributed by atoms with van der Waals surface area (Å²) in [6.07, 6.45) is -0.738. The molecule has 6 heteroatoms. The lowest BCUT2D eigenvalue weighted by atomic mass is 10.1. The van der Waals surface area contributed by atoms with Gasteiger partial charge in [-0.2, -0.15) is 0 Å². The first-order valence-electron chi connectivity index (χ1n) is 6.86. The summed E-state index contributed by atoms with van der Waals surface area (Å²) in [5.41, 5.74) is 1.93. The molecule has 0 atom stereocenters. The minimum atomic E-state index is -1.43. The van der Waals surface area contributed by atoms with Crippen molar-refractivity contribution in [1.29, 1.82) is 0 Å². The Kier molecular flexibility index (Phi) is 3.97. The second kappa shape index (κ2) is 6.23. The summed E-state index contributed by atoms with van der Waals surface area (Å²) in [6.45, 7) is 0.352. The van der Waals surface area contributed by atoms with Crippen LogP contribution in [-0.2, 0) is 6.61 Å². The van der Waals surface area contributed by atoms with Gasteiger partial charge >= 0.3 is 6.16 Å². The molecule has 0 aliphatic rings. The highest BCUT2D eigenvalue weighted by Crippen LogP contribution is 2.31. The molecule has 23 heavy (non-hydrogen) atoms. The van der Waals surface area contributed by atoms with Crippen molar-refractivity contribution in [3.63, 3.8) is 0 Å². The van der Waals surface area contributed by atoms with E-state index in [-0.39, 0.29) is 5.88 Å². The number of nitrogens with one attached hydrogen (secondary N) is 1. The summed E-state index contributed by atoms with van der Waals surface area (Å²) >= 11 is 0. The SMILES string of the molecule is O=Cc1ccc(OCc2ccccc2)c2[nH]c(OC(=O)O)cc12. The topological polar surface area (TPSA) is 88.6 Å². The molecule has 0 unspecified atom stereocenters. The Balaban J connectivity index is 1.94. The lowest BCUT2D eigenvalue weighted by molar-refractivity contribution is 0.112. The molecule has 0 bridgehead atoms. The first-order chi connectivity index (χ1) is 11.2. The third-order valence-corrected chi connectivity index (χ3v) is 3.33. The fourth-order valence-corrected chi connectivity index (χ4v) is 2.30. The van der Waals surface area contributed by atoms with Gasteiger partial charge in [-0.15, -0.1) is 0 Å². The molecule has 2 N–H and O–H groups in total. The fourth-order valence-electron chi connectivity index (χ4n) is 2.30. The van der Waals surface area contributed by atoms with Gasteiger partial charge in [-0.05, 0) is 17.7 Å². The second-order valence-electron chi connectivity index (χ2n) is 4.84.